The zero-order valence-corrected chi connectivity index (χ0v) is 32.9. The molecule has 11 heteroatoms. The summed E-state index contributed by atoms with van der Waals surface area (Å²) in [4.78, 5) is 4.06. The van der Waals surface area contributed by atoms with E-state index < -0.39 is 10.1 Å². The van der Waals surface area contributed by atoms with Crippen LogP contribution >= 0.6 is 136 Å². The van der Waals surface area contributed by atoms with Crippen molar-refractivity contribution in [1.82, 2.24) is 0 Å². The number of benzene rings is 4. The van der Waals surface area contributed by atoms with Gasteiger partial charge >= 0.3 is 0 Å². The molecule has 0 spiro atoms. The average molecular weight is 1190 g/mol. The Bertz CT molecular complexity index is 1370. The average Bonchev–Trinajstić information content (AvgIpc) is 2.77. The summed E-state index contributed by atoms with van der Waals surface area (Å²) in [5.41, 5.74) is 0.928. The molecule has 188 valence electrons. The van der Waals surface area contributed by atoms with Gasteiger partial charge in [-0.1, -0.05) is 35.9 Å². The van der Waals surface area contributed by atoms with Crippen LogP contribution in [0.1, 0.15) is 5.56 Å². The Kier molecular flexibility index (Phi) is 12.8. The van der Waals surface area contributed by atoms with E-state index in [1.807, 2.05) is 6.92 Å². The first kappa shape index (κ1) is 32.0. The summed E-state index contributed by atoms with van der Waals surface area (Å²) < 4.78 is 39.1. The van der Waals surface area contributed by atoms with Crippen LogP contribution in [0.2, 0.25) is 0 Å². The second kappa shape index (κ2) is 14.4. The predicted octanol–water partition coefficient (Wildman–Crippen LogP) is 9.31. The molecule has 3 nitrogen and oxygen atoms in total. The standard InChI is InChI=1S/C18H9I6S.C7H8O3S/c19-10-6-13(21)17(14(22)7-10)25(12-4-2-1-3-5-12)18-15(23)8-11(20)9-16(18)24;1-6-2-4-7(5-3-6)11(8,9)10/h1-9H;2-5H,1H3,(H,8,9,10)/q+1;/p-1. The summed E-state index contributed by atoms with van der Waals surface area (Å²) >= 11 is 14.8. The van der Waals surface area contributed by atoms with Gasteiger partial charge < -0.3 is 4.55 Å². The van der Waals surface area contributed by atoms with Crippen molar-refractivity contribution in [2.24, 2.45) is 0 Å². The minimum Gasteiger partial charge on any atom is -0.744 e. The van der Waals surface area contributed by atoms with Crippen LogP contribution in [-0.2, 0) is 21.0 Å². The van der Waals surface area contributed by atoms with Crippen molar-refractivity contribution < 1.29 is 13.0 Å². The van der Waals surface area contributed by atoms with Crippen LogP contribution in [-0.4, -0.2) is 13.0 Å². The molecule has 0 unspecified atom stereocenters. The van der Waals surface area contributed by atoms with Crippen molar-refractivity contribution in [2.45, 2.75) is 26.5 Å². The van der Waals surface area contributed by atoms with Crippen LogP contribution in [0.15, 0.2) is 98.4 Å². The largest absolute Gasteiger partial charge is 0.744 e. The highest BCUT2D eigenvalue weighted by atomic mass is 127. The van der Waals surface area contributed by atoms with Crippen LogP contribution in [0.4, 0.5) is 0 Å². The molecular formula is C25H16I6O3S2. The maximum atomic E-state index is 10.4. The summed E-state index contributed by atoms with van der Waals surface area (Å²) in [6.07, 6.45) is 0. The van der Waals surface area contributed by atoms with Crippen molar-refractivity contribution in [2.75, 3.05) is 0 Å². The molecule has 4 rings (SSSR count). The molecule has 0 aliphatic carbocycles. The molecule has 0 saturated heterocycles. The third kappa shape index (κ3) is 8.76. The molecule has 36 heavy (non-hydrogen) atoms. The first-order valence-electron chi connectivity index (χ1n) is 9.99. The van der Waals surface area contributed by atoms with E-state index in [4.69, 9.17) is 0 Å². The smallest absolute Gasteiger partial charge is 0.193 e. The van der Waals surface area contributed by atoms with Crippen molar-refractivity contribution in [1.29, 1.82) is 0 Å². The van der Waals surface area contributed by atoms with Gasteiger partial charge in [0.1, 0.15) is 21.0 Å². The second-order valence-electron chi connectivity index (χ2n) is 7.28. The highest BCUT2D eigenvalue weighted by molar-refractivity contribution is 14.1. The van der Waals surface area contributed by atoms with E-state index in [-0.39, 0.29) is 15.8 Å². The number of aryl methyl sites for hydroxylation is 1. The Morgan fingerprint density at radius 1 is 0.639 bits per heavy atom. The van der Waals surface area contributed by atoms with Gasteiger partial charge in [-0.3, -0.25) is 0 Å². The van der Waals surface area contributed by atoms with Crippen LogP contribution < -0.4 is 0 Å². The highest BCUT2D eigenvalue weighted by Gasteiger charge is 2.37. The van der Waals surface area contributed by atoms with Gasteiger partial charge in [0.05, 0.1) is 19.2 Å². The van der Waals surface area contributed by atoms with E-state index in [9.17, 15) is 13.0 Å². The summed E-state index contributed by atoms with van der Waals surface area (Å²) in [6.45, 7) is 1.82. The summed E-state index contributed by atoms with van der Waals surface area (Å²) in [5, 5.41) is 0. The zero-order valence-electron chi connectivity index (χ0n) is 18.3. The lowest BCUT2D eigenvalue weighted by molar-refractivity contribution is 0.463. The minimum absolute atomic E-state index is 0.114. The van der Waals surface area contributed by atoms with Gasteiger partial charge in [0.15, 0.2) is 14.7 Å². The Morgan fingerprint density at radius 2 is 1.03 bits per heavy atom. The summed E-state index contributed by atoms with van der Waals surface area (Å²) in [5.74, 6) is 0. The molecule has 0 N–H and O–H groups in total. The third-order valence-corrected chi connectivity index (χ3v) is 14.0. The molecule has 0 aliphatic rings. The van der Waals surface area contributed by atoms with Gasteiger partial charge in [0.2, 0.25) is 0 Å². The molecule has 0 aromatic heterocycles. The monoisotopic (exact) mass is 1190 g/mol. The Balaban J connectivity index is 0.000000275. The summed E-state index contributed by atoms with van der Waals surface area (Å²) in [7, 11) is -4.38. The maximum Gasteiger partial charge on any atom is 0.193 e. The summed E-state index contributed by atoms with van der Waals surface area (Å²) in [6, 6.07) is 25.8. The highest BCUT2D eigenvalue weighted by Crippen LogP contribution is 2.41. The minimum atomic E-state index is -4.27. The van der Waals surface area contributed by atoms with E-state index >= 15 is 0 Å². The predicted molar refractivity (Wildman–Crippen MR) is 197 cm³/mol. The molecule has 0 fully saturated rings. The van der Waals surface area contributed by atoms with Crippen molar-refractivity contribution in [3.63, 3.8) is 0 Å². The van der Waals surface area contributed by atoms with Crippen molar-refractivity contribution in [3.05, 3.63) is 106 Å². The van der Waals surface area contributed by atoms with Crippen LogP contribution in [0.3, 0.4) is 0 Å². The third-order valence-electron chi connectivity index (χ3n) is 4.62. The molecule has 0 atom stereocenters. The van der Waals surface area contributed by atoms with Crippen LogP contribution in [0, 0.1) is 28.3 Å². The van der Waals surface area contributed by atoms with Gasteiger partial charge in [-0.05, 0) is 191 Å². The topological polar surface area (TPSA) is 57.2 Å². The molecule has 0 heterocycles. The number of rotatable bonds is 4. The fourth-order valence-electron chi connectivity index (χ4n) is 3.05. The first-order chi connectivity index (χ1) is 16.9. The first-order valence-corrected chi connectivity index (χ1v) is 19.1. The van der Waals surface area contributed by atoms with Crippen molar-refractivity contribution >= 4 is 157 Å². The Hall–Kier alpha value is 1.52. The number of hydrogen-bond acceptors (Lipinski definition) is 3. The quantitative estimate of drug-likeness (QED) is 0.116. The molecule has 4 aromatic rings. The lowest BCUT2D eigenvalue weighted by Crippen LogP contribution is -2.12. The molecule has 0 aliphatic heterocycles. The molecule has 0 saturated carbocycles. The van der Waals surface area contributed by atoms with Gasteiger partial charge in [-0.25, -0.2) is 8.42 Å². The van der Waals surface area contributed by atoms with Crippen LogP contribution in [0.5, 0.6) is 0 Å². The van der Waals surface area contributed by atoms with Gasteiger partial charge in [0.25, 0.3) is 0 Å². The normalized spacial score (nSPS) is 11.2. The van der Waals surface area contributed by atoms with E-state index in [0.29, 0.717) is 0 Å². The number of hydrogen-bond donors (Lipinski definition) is 0. The SMILES string of the molecule is Cc1ccc(S(=O)(=O)[O-])cc1.Ic1cc(I)c([S+](c2ccccc2)c2c(I)cc(I)cc2I)c(I)c1. The second-order valence-corrected chi connectivity index (χ2v) is 17.7. The molecule has 0 radical (unpaired) electrons. The van der Waals surface area contributed by atoms with Crippen molar-refractivity contribution in [3.8, 4) is 0 Å². The fourth-order valence-corrected chi connectivity index (χ4v) is 15.4. The Morgan fingerprint density at radius 3 is 1.39 bits per heavy atom. The van der Waals surface area contributed by atoms with E-state index in [1.165, 1.54) is 48.2 Å². The Labute approximate surface area is 296 Å². The zero-order chi connectivity index (χ0) is 26.6. The fraction of sp³-hybridized carbons (Fsp3) is 0.0400. The molecule has 0 amide bonds. The molecule has 4 aromatic carbocycles. The maximum absolute atomic E-state index is 10.4. The van der Waals surface area contributed by atoms with Gasteiger partial charge in [0, 0.05) is 7.14 Å². The lowest BCUT2D eigenvalue weighted by atomic mass is 10.2. The lowest BCUT2D eigenvalue weighted by Gasteiger charge is -2.14. The number of halogens is 6. The molecule has 0 bridgehead atoms. The van der Waals surface area contributed by atoms with E-state index in [2.05, 4.69) is 190 Å². The van der Waals surface area contributed by atoms with E-state index in [0.717, 1.165) is 5.56 Å². The molecular weight excluding hydrogens is 1170 g/mol. The van der Waals surface area contributed by atoms with Gasteiger partial charge in [-0.2, -0.15) is 0 Å². The van der Waals surface area contributed by atoms with Crippen LogP contribution in [0.25, 0.3) is 0 Å². The van der Waals surface area contributed by atoms with E-state index in [1.54, 1.807) is 12.1 Å². The van der Waals surface area contributed by atoms with Gasteiger partial charge in [-0.15, -0.1) is 0 Å².